The fourth-order valence-electron chi connectivity index (χ4n) is 2.52. The lowest BCUT2D eigenvalue weighted by molar-refractivity contribution is 0.101. The number of likely N-dealkylation sites (N-methyl/N-ethyl adjacent to an activating group) is 1. The zero-order chi connectivity index (χ0) is 17.4. The van der Waals surface area contributed by atoms with Crippen molar-refractivity contribution in [3.8, 4) is 5.75 Å². The van der Waals surface area contributed by atoms with E-state index in [0.717, 1.165) is 17.8 Å². The Balaban J connectivity index is 1.85. The Bertz CT molecular complexity index is 640. The maximum absolute atomic E-state index is 11.9. The molecule has 0 heterocycles. The van der Waals surface area contributed by atoms with Gasteiger partial charge < -0.3 is 14.4 Å². The van der Waals surface area contributed by atoms with Crippen molar-refractivity contribution in [2.24, 2.45) is 0 Å². The van der Waals surface area contributed by atoms with Gasteiger partial charge in [-0.05, 0) is 36.6 Å². The van der Waals surface area contributed by atoms with E-state index >= 15 is 0 Å². The maximum atomic E-state index is 11.9. The predicted octanol–water partition coefficient (Wildman–Crippen LogP) is 4.85. The second-order valence-corrected chi connectivity index (χ2v) is 5.81. The topological polar surface area (TPSA) is 38.8 Å². The standard InChI is InChI=1S/C20H25NO3/c1-4-21(17-10-6-5-7-11-17)14-15-23-20(22)24-19-13-9-8-12-18(19)16(2)3/h5-13,16H,4,14-15H2,1-3H3. The molecular formula is C20H25NO3. The van der Waals surface area contributed by atoms with Crippen LogP contribution >= 0.6 is 0 Å². The summed E-state index contributed by atoms with van der Waals surface area (Å²) in [5.41, 5.74) is 2.11. The normalized spacial score (nSPS) is 10.5. The van der Waals surface area contributed by atoms with E-state index in [-0.39, 0.29) is 12.5 Å². The summed E-state index contributed by atoms with van der Waals surface area (Å²) in [6.07, 6.45) is -0.660. The molecule has 2 aromatic carbocycles. The molecule has 0 atom stereocenters. The maximum Gasteiger partial charge on any atom is 0.513 e. The van der Waals surface area contributed by atoms with Gasteiger partial charge in [0.25, 0.3) is 0 Å². The van der Waals surface area contributed by atoms with Crippen molar-refractivity contribution in [1.82, 2.24) is 0 Å². The van der Waals surface area contributed by atoms with Gasteiger partial charge in [-0.2, -0.15) is 0 Å². The number of nitrogens with zero attached hydrogens (tertiary/aromatic N) is 1. The molecule has 4 heteroatoms. The van der Waals surface area contributed by atoms with Crippen molar-refractivity contribution >= 4 is 11.8 Å². The largest absolute Gasteiger partial charge is 0.513 e. The highest BCUT2D eigenvalue weighted by atomic mass is 16.7. The first kappa shape index (κ1) is 17.9. The molecule has 0 saturated heterocycles. The third kappa shape index (κ3) is 5.01. The van der Waals surface area contributed by atoms with Crippen molar-refractivity contribution in [3.63, 3.8) is 0 Å². The Hall–Kier alpha value is -2.49. The molecule has 0 aromatic heterocycles. The smallest absolute Gasteiger partial charge is 0.432 e. The summed E-state index contributed by atoms with van der Waals surface area (Å²) in [4.78, 5) is 14.1. The summed E-state index contributed by atoms with van der Waals surface area (Å²) in [6.45, 7) is 7.95. The molecule has 0 N–H and O–H groups in total. The van der Waals surface area contributed by atoms with Crippen molar-refractivity contribution in [3.05, 3.63) is 60.2 Å². The van der Waals surface area contributed by atoms with Crippen LogP contribution in [-0.2, 0) is 4.74 Å². The molecule has 4 nitrogen and oxygen atoms in total. The quantitative estimate of drug-likeness (QED) is 0.538. The SMILES string of the molecule is CCN(CCOC(=O)Oc1ccccc1C(C)C)c1ccccc1. The summed E-state index contributed by atoms with van der Waals surface area (Å²) in [7, 11) is 0. The third-order valence-electron chi connectivity index (χ3n) is 3.82. The molecule has 0 amide bonds. The zero-order valence-corrected chi connectivity index (χ0v) is 14.6. The molecule has 0 aliphatic rings. The lowest BCUT2D eigenvalue weighted by Crippen LogP contribution is -2.28. The number of rotatable bonds is 7. The molecule has 0 unspecified atom stereocenters. The highest BCUT2D eigenvalue weighted by Gasteiger charge is 2.13. The van der Waals surface area contributed by atoms with Gasteiger partial charge in [0.2, 0.25) is 0 Å². The van der Waals surface area contributed by atoms with Gasteiger partial charge in [0.1, 0.15) is 12.4 Å². The van der Waals surface area contributed by atoms with Gasteiger partial charge >= 0.3 is 6.16 Å². The van der Waals surface area contributed by atoms with Crippen LogP contribution in [0.5, 0.6) is 5.75 Å². The van der Waals surface area contributed by atoms with Crippen LogP contribution in [-0.4, -0.2) is 25.9 Å². The third-order valence-corrected chi connectivity index (χ3v) is 3.82. The highest BCUT2D eigenvalue weighted by molar-refractivity contribution is 5.64. The van der Waals surface area contributed by atoms with E-state index in [9.17, 15) is 4.79 Å². The van der Waals surface area contributed by atoms with Crippen molar-refractivity contribution < 1.29 is 14.3 Å². The molecule has 0 bridgehead atoms. The van der Waals surface area contributed by atoms with E-state index in [1.165, 1.54) is 0 Å². The summed E-state index contributed by atoms with van der Waals surface area (Å²) in [6, 6.07) is 17.6. The van der Waals surface area contributed by atoms with E-state index in [2.05, 4.69) is 25.7 Å². The van der Waals surface area contributed by atoms with Gasteiger partial charge in [-0.3, -0.25) is 0 Å². The van der Waals surface area contributed by atoms with Gasteiger partial charge in [0, 0.05) is 12.2 Å². The number of para-hydroxylation sites is 2. The molecule has 0 aliphatic heterocycles. The van der Waals surface area contributed by atoms with Gasteiger partial charge in [0.05, 0.1) is 6.54 Å². The van der Waals surface area contributed by atoms with E-state index in [0.29, 0.717) is 12.3 Å². The van der Waals surface area contributed by atoms with Crippen molar-refractivity contribution in [2.45, 2.75) is 26.7 Å². The first-order valence-corrected chi connectivity index (χ1v) is 8.35. The Morgan fingerprint density at radius 2 is 1.71 bits per heavy atom. The Morgan fingerprint density at radius 1 is 1.04 bits per heavy atom. The zero-order valence-electron chi connectivity index (χ0n) is 14.6. The molecule has 0 fully saturated rings. The molecule has 0 saturated carbocycles. The summed E-state index contributed by atoms with van der Waals surface area (Å²) in [5, 5.41) is 0. The molecule has 128 valence electrons. The van der Waals surface area contributed by atoms with Crippen LogP contribution in [0.1, 0.15) is 32.3 Å². The highest BCUT2D eigenvalue weighted by Crippen LogP contribution is 2.26. The van der Waals surface area contributed by atoms with Gasteiger partial charge in [-0.25, -0.2) is 4.79 Å². The number of hydrogen-bond donors (Lipinski definition) is 0. The van der Waals surface area contributed by atoms with Gasteiger partial charge in [0.15, 0.2) is 0 Å². The van der Waals surface area contributed by atoms with E-state index < -0.39 is 6.16 Å². The Labute approximate surface area is 144 Å². The molecule has 24 heavy (non-hydrogen) atoms. The second kappa shape index (κ2) is 8.96. The Morgan fingerprint density at radius 3 is 2.38 bits per heavy atom. The van der Waals surface area contributed by atoms with E-state index in [1.807, 2.05) is 48.5 Å². The summed E-state index contributed by atoms with van der Waals surface area (Å²) in [5.74, 6) is 0.843. The number of carbonyl (C=O) groups excluding carboxylic acids is 1. The fraction of sp³-hybridized carbons (Fsp3) is 0.350. The minimum absolute atomic E-state index is 0.280. The molecular weight excluding hydrogens is 302 g/mol. The molecule has 2 rings (SSSR count). The summed E-state index contributed by atoms with van der Waals surface area (Å²) >= 11 is 0. The number of anilines is 1. The first-order chi connectivity index (χ1) is 11.6. The average molecular weight is 327 g/mol. The number of benzene rings is 2. The number of carbonyl (C=O) groups is 1. The first-order valence-electron chi connectivity index (χ1n) is 8.35. The van der Waals surface area contributed by atoms with Crippen LogP contribution in [0.4, 0.5) is 10.5 Å². The van der Waals surface area contributed by atoms with E-state index in [1.54, 1.807) is 6.07 Å². The monoisotopic (exact) mass is 327 g/mol. The molecule has 0 aliphatic carbocycles. The van der Waals surface area contributed by atoms with Crippen LogP contribution in [0.3, 0.4) is 0 Å². The van der Waals surface area contributed by atoms with Crippen LogP contribution in [0.15, 0.2) is 54.6 Å². The molecule has 2 aromatic rings. The molecule has 0 radical (unpaired) electrons. The van der Waals surface area contributed by atoms with Crippen LogP contribution in [0.25, 0.3) is 0 Å². The van der Waals surface area contributed by atoms with Gasteiger partial charge in [-0.1, -0.05) is 50.2 Å². The van der Waals surface area contributed by atoms with Crippen LogP contribution in [0, 0.1) is 0 Å². The predicted molar refractivity (Wildman–Crippen MR) is 96.8 cm³/mol. The number of hydrogen-bond acceptors (Lipinski definition) is 4. The van der Waals surface area contributed by atoms with Crippen molar-refractivity contribution in [2.75, 3.05) is 24.6 Å². The van der Waals surface area contributed by atoms with Crippen LogP contribution < -0.4 is 9.64 Å². The Kier molecular flexibility index (Phi) is 6.67. The van der Waals surface area contributed by atoms with E-state index in [4.69, 9.17) is 9.47 Å². The molecule has 0 spiro atoms. The van der Waals surface area contributed by atoms with Crippen molar-refractivity contribution in [1.29, 1.82) is 0 Å². The second-order valence-electron chi connectivity index (χ2n) is 5.81. The fourth-order valence-corrected chi connectivity index (χ4v) is 2.52. The average Bonchev–Trinajstić information content (AvgIpc) is 2.60. The van der Waals surface area contributed by atoms with Crippen LogP contribution in [0.2, 0.25) is 0 Å². The summed E-state index contributed by atoms with van der Waals surface area (Å²) < 4.78 is 10.6. The minimum atomic E-state index is -0.660. The number of ether oxygens (including phenoxy) is 2. The lowest BCUT2D eigenvalue weighted by atomic mass is 10.0. The van der Waals surface area contributed by atoms with Gasteiger partial charge in [-0.15, -0.1) is 0 Å². The minimum Gasteiger partial charge on any atom is -0.432 e. The lowest BCUT2D eigenvalue weighted by Gasteiger charge is -2.22.